The third-order valence-corrected chi connectivity index (χ3v) is 13.5. The van der Waals surface area contributed by atoms with Crippen molar-refractivity contribution in [2.45, 2.75) is 181 Å². The Labute approximate surface area is 424 Å². The van der Waals surface area contributed by atoms with Crippen LogP contribution in [0.3, 0.4) is 0 Å². The van der Waals surface area contributed by atoms with Crippen molar-refractivity contribution in [1.29, 1.82) is 0 Å². The molecule has 70 heavy (non-hydrogen) atoms. The van der Waals surface area contributed by atoms with E-state index in [1.54, 1.807) is 0 Å². The fourth-order valence-electron chi connectivity index (χ4n) is 9.31. The molecule has 0 saturated carbocycles. The molecule has 0 atom stereocenters. The highest BCUT2D eigenvalue weighted by Gasteiger charge is 2.19. The Morgan fingerprint density at radius 1 is 0.300 bits per heavy atom. The van der Waals surface area contributed by atoms with Crippen LogP contribution in [-0.2, 0) is 9.47 Å². The molecule has 0 saturated heterocycles. The standard InChI is InChI=1S/C64H90O6/c1-5-9-11-13-15-17-19-21-31-49-69-63-59-43-37-56(54-35-41-58(42-36-54)68-48-30-26-24-28-46-66-8-4)52-62(59)64(70-50-32-22-20-18-16-14-12-10-6-2)60-44-38-55(51-61(60)63)53-33-39-57(40-34-53)67-47-29-25-23-27-45-65-7-3/h7-8,33-44,51-52H,3-6,9-32,45-50H2,1-2H3. The lowest BCUT2D eigenvalue weighted by atomic mass is 9.94. The maximum Gasteiger partial charge on any atom is 0.135 e. The van der Waals surface area contributed by atoms with Crippen LogP contribution in [0.15, 0.2) is 111 Å². The molecule has 6 heteroatoms. The molecule has 0 aliphatic carbocycles. The number of unbranched alkanes of at least 4 members (excludes halogenated alkanes) is 22. The molecule has 5 aromatic carbocycles. The molecule has 0 spiro atoms. The van der Waals surface area contributed by atoms with Crippen LogP contribution in [0.2, 0.25) is 0 Å². The summed E-state index contributed by atoms with van der Waals surface area (Å²) in [5, 5.41) is 4.39. The summed E-state index contributed by atoms with van der Waals surface area (Å²) < 4.78 is 36.8. The normalized spacial score (nSPS) is 11.2. The minimum absolute atomic E-state index is 0.685. The summed E-state index contributed by atoms with van der Waals surface area (Å²) in [5.74, 6) is 3.69. The van der Waals surface area contributed by atoms with Crippen molar-refractivity contribution in [3.05, 3.63) is 111 Å². The van der Waals surface area contributed by atoms with Gasteiger partial charge in [-0.25, -0.2) is 0 Å². The highest BCUT2D eigenvalue weighted by Crippen LogP contribution is 2.46. The zero-order valence-corrected chi connectivity index (χ0v) is 43.7. The second-order valence-corrected chi connectivity index (χ2v) is 19.2. The van der Waals surface area contributed by atoms with E-state index in [0.29, 0.717) is 26.4 Å². The quantitative estimate of drug-likeness (QED) is 0.0221. The van der Waals surface area contributed by atoms with E-state index in [4.69, 9.17) is 28.4 Å². The van der Waals surface area contributed by atoms with Crippen molar-refractivity contribution >= 4 is 21.5 Å². The Balaban J connectivity index is 1.38. The summed E-state index contributed by atoms with van der Waals surface area (Å²) >= 11 is 0. The van der Waals surface area contributed by atoms with Gasteiger partial charge in [-0.1, -0.05) is 166 Å². The van der Waals surface area contributed by atoms with Gasteiger partial charge >= 0.3 is 0 Å². The van der Waals surface area contributed by atoms with Gasteiger partial charge < -0.3 is 28.4 Å². The van der Waals surface area contributed by atoms with Crippen molar-refractivity contribution in [3.63, 3.8) is 0 Å². The van der Waals surface area contributed by atoms with Crippen LogP contribution in [0.5, 0.6) is 23.0 Å². The molecule has 0 aliphatic heterocycles. The molecule has 382 valence electrons. The summed E-state index contributed by atoms with van der Waals surface area (Å²) in [6.45, 7) is 16.1. The summed E-state index contributed by atoms with van der Waals surface area (Å²) in [5.41, 5.74) is 4.59. The van der Waals surface area contributed by atoms with Crippen molar-refractivity contribution < 1.29 is 28.4 Å². The second kappa shape index (κ2) is 35.1. The third kappa shape index (κ3) is 20.3. The van der Waals surface area contributed by atoms with E-state index >= 15 is 0 Å². The smallest absolute Gasteiger partial charge is 0.135 e. The van der Waals surface area contributed by atoms with Crippen LogP contribution in [-0.4, -0.2) is 39.6 Å². The lowest BCUT2D eigenvalue weighted by Gasteiger charge is -2.20. The molecule has 0 bridgehead atoms. The van der Waals surface area contributed by atoms with Gasteiger partial charge in [0.1, 0.15) is 23.0 Å². The number of hydrogen-bond acceptors (Lipinski definition) is 6. The maximum absolute atomic E-state index is 6.98. The van der Waals surface area contributed by atoms with Gasteiger partial charge in [-0.3, -0.25) is 0 Å². The molecule has 0 aliphatic rings. The first-order valence-corrected chi connectivity index (χ1v) is 27.9. The highest BCUT2D eigenvalue weighted by molar-refractivity contribution is 6.12. The first-order chi connectivity index (χ1) is 34.7. The van der Waals surface area contributed by atoms with Gasteiger partial charge in [0.05, 0.1) is 52.2 Å². The Morgan fingerprint density at radius 3 is 0.914 bits per heavy atom. The van der Waals surface area contributed by atoms with Crippen LogP contribution in [0.25, 0.3) is 43.8 Å². The van der Waals surface area contributed by atoms with E-state index in [-0.39, 0.29) is 0 Å². The van der Waals surface area contributed by atoms with E-state index in [2.05, 4.69) is 112 Å². The molecule has 0 radical (unpaired) electrons. The number of rotatable bonds is 42. The zero-order valence-electron chi connectivity index (χ0n) is 43.7. The fourth-order valence-corrected chi connectivity index (χ4v) is 9.31. The summed E-state index contributed by atoms with van der Waals surface area (Å²) in [6, 6.07) is 30.8. The number of hydrogen-bond donors (Lipinski definition) is 0. The van der Waals surface area contributed by atoms with E-state index in [0.717, 1.165) is 144 Å². The molecular formula is C64H90O6. The molecule has 6 nitrogen and oxygen atoms in total. The van der Waals surface area contributed by atoms with E-state index < -0.39 is 0 Å². The van der Waals surface area contributed by atoms with Crippen LogP contribution in [0.1, 0.15) is 181 Å². The summed E-state index contributed by atoms with van der Waals surface area (Å²) in [4.78, 5) is 0. The van der Waals surface area contributed by atoms with E-state index in [9.17, 15) is 0 Å². The van der Waals surface area contributed by atoms with Crippen molar-refractivity contribution in [2.24, 2.45) is 0 Å². The van der Waals surface area contributed by atoms with Crippen LogP contribution >= 0.6 is 0 Å². The largest absolute Gasteiger partial charge is 0.502 e. The average molecular weight is 955 g/mol. The Morgan fingerprint density at radius 2 is 0.586 bits per heavy atom. The summed E-state index contributed by atoms with van der Waals surface area (Å²) in [6.07, 6.45) is 34.7. The number of benzene rings is 5. The Hall–Kier alpha value is -5.10. The van der Waals surface area contributed by atoms with E-state index in [1.165, 1.54) is 115 Å². The lowest BCUT2D eigenvalue weighted by molar-refractivity contribution is 0.239. The monoisotopic (exact) mass is 955 g/mol. The molecule has 0 aromatic heterocycles. The predicted octanol–water partition coefficient (Wildman–Crippen LogP) is 19.3. The fraction of sp³-hybridized carbons (Fsp3) is 0.531. The molecule has 0 unspecified atom stereocenters. The van der Waals surface area contributed by atoms with E-state index in [1.807, 2.05) is 0 Å². The van der Waals surface area contributed by atoms with Gasteiger partial charge in [0, 0.05) is 21.5 Å². The molecule has 0 fully saturated rings. The van der Waals surface area contributed by atoms with Gasteiger partial charge in [0.15, 0.2) is 0 Å². The van der Waals surface area contributed by atoms with Crippen molar-refractivity contribution in [1.82, 2.24) is 0 Å². The van der Waals surface area contributed by atoms with Gasteiger partial charge in [-0.15, -0.1) is 0 Å². The van der Waals surface area contributed by atoms with Gasteiger partial charge in [0.25, 0.3) is 0 Å². The SMILES string of the molecule is C=COCCCCCCOc1ccc(-c2ccc3c(OCCCCCCCCCCC)c4cc(-c5ccc(OCCCCCCOC=C)cc5)ccc4c(OCCCCCCCCCCC)c3c2)cc1. The van der Waals surface area contributed by atoms with Crippen molar-refractivity contribution in [2.75, 3.05) is 39.6 Å². The topological polar surface area (TPSA) is 55.4 Å². The first-order valence-electron chi connectivity index (χ1n) is 27.9. The molecule has 5 rings (SSSR count). The first kappa shape index (κ1) is 55.8. The Kier molecular flexibility index (Phi) is 28.0. The average Bonchev–Trinajstić information content (AvgIpc) is 3.39. The third-order valence-electron chi connectivity index (χ3n) is 13.5. The predicted molar refractivity (Wildman–Crippen MR) is 298 cm³/mol. The molecule has 5 aromatic rings. The van der Waals surface area contributed by atoms with Crippen LogP contribution in [0, 0.1) is 0 Å². The van der Waals surface area contributed by atoms with Gasteiger partial charge in [-0.05, 0) is 135 Å². The van der Waals surface area contributed by atoms with Crippen molar-refractivity contribution in [3.8, 4) is 45.3 Å². The molecule has 0 heterocycles. The molecule has 0 amide bonds. The van der Waals surface area contributed by atoms with Crippen LogP contribution in [0.4, 0.5) is 0 Å². The Bertz CT molecular complexity index is 2000. The zero-order chi connectivity index (χ0) is 49.1. The molecular weight excluding hydrogens is 865 g/mol. The minimum atomic E-state index is 0.685. The second-order valence-electron chi connectivity index (χ2n) is 19.2. The number of fused-ring (bicyclic) bond motifs is 2. The van der Waals surface area contributed by atoms with Gasteiger partial charge in [-0.2, -0.15) is 0 Å². The summed E-state index contributed by atoms with van der Waals surface area (Å²) in [7, 11) is 0. The maximum atomic E-state index is 6.98. The molecule has 0 N–H and O–H groups in total. The number of ether oxygens (including phenoxy) is 6. The van der Waals surface area contributed by atoms with Gasteiger partial charge in [0.2, 0.25) is 0 Å². The minimum Gasteiger partial charge on any atom is -0.502 e. The van der Waals surface area contributed by atoms with Crippen LogP contribution < -0.4 is 18.9 Å². The lowest BCUT2D eigenvalue weighted by Crippen LogP contribution is -2.03. The highest BCUT2D eigenvalue weighted by atomic mass is 16.5.